The van der Waals surface area contributed by atoms with Crippen LogP contribution in [0.3, 0.4) is 0 Å². The molecule has 2 rings (SSSR count). The van der Waals surface area contributed by atoms with E-state index in [2.05, 4.69) is 50.1 Å². The first-order chi connectivity index (χ1) is 8.64. The van der Waals surface area contributed by atoms with E-state index in [9.17, 15) is 0 Å². The first kappa shape index (κ1) is 13.5. The zero-order valence-electron chi connectivity index (χ0n) is 10.9. The van der Waals surface area contributed by atoms with Gasteiger partial charge in [0.2, 0.25) is 5.95 Å². The summed E-state index contributed by atoms with van der Waals surface area (Å²) in [4.78, 5) is 10.8. The quantitative estimate of drug-likeness (QED) is 0.660. The number of nitrogens with one attached hydrogen (secondary N) is 1. The van der Waals surface area contributed by atoms with Crippen molar-refractivity contribution in [2.45, 2.75) is 33.1 Å². The molecule has 0 atom stereocenters. The summed E-state index contributed by atoms with van der Waals surface area (Å²) in [7, 11) is 0. The van der Waals surface area contributed by atoms with Crippen molar-refractivity contribution < 1.29 is 0 Å². The molecule has 0 bridgehead atoms. The second kappa shape index (κ2) is 5.40. The summed E-state index contributed by atoms with van der Waals surface area (Å²) < 4.78 is 0.921. The molecule has 0 aromatic carbocycles. The molecule has 1 aliphatic rings. The van der Waals surface area contributed by atoms with Gasteiger partial charge in [-0.25, -0.2) is 10.8 Å². The lowest BCUT2D eigenvalue weighted by atomic mass is 9.82. The van der Waals surface area contributed by atoms with Gasteiger partial charge in [0.05, 0.1) is 4.47 Å². The Kier molecular flexibility index (Phi) is 4.07. The Balaban J connectivity index is 2.23. The lowest BCUT2D eigenvalue weighted by Crippen LogP contribution is -2.27. The van der Waals surface area contributed by atoms with Gasteiger partial charge in [-0.15, -0.1) is 0 Å². The Bertz CT molecular complexity index is 419. The summed E-state index contributed by atoms with van der Waals surface area (Å²) in [6.07, 6.45) is 5.40. The molecule has 100 valence electrons. The van der Waals surface area contributed by atoms with Crippen LogP contribution in [0.5, 0.6) is 0 Å². The number of nitrogens with zero attached hydrogens (tertiary/aromatic N) is 3. The fourth-order valence-electron chi connectivity index (χ4n) is 2.59. The van der Waals surface area contributed by atoms with Gasteiger partial charge >= 0.3 is 0 Å². The van der Waals surface area contributed by atoms with Crippen LogP contribution in [0, 0.1) is 5.41 Å². The monoisotopic (exact) mass is 313 g/mol. The maximum absolute atomic E-state index is 5.36. The minimum absolute atomic E-state index is 0.431. The van der Waals surface area contributed by atoms with Gasteiger partial charge in [0.25, 0.3) is 0 Å². The van der Waals surface area contributed by atoms with Crippen molar-refractivity contribution in [2.24, 2.45) is 11.3 Å². The number of hydrogen-bond donors (Lipinski definition) is 2. The van der Waals surface area contributed by atoms with Crippen molar-refractivity contribution in [1.29, 1.82) is 0 Å². The molecule has 1 fully saturated rings. The SMILES string of the molecule is CCC1(CC)CCN(c2nc(NN)ncc2Br)C1. The van der Waals surface area contributed by atoms with Crippen molar-refractivity contribution >= 4 is 27.7 Å². The number of halogens is 1. The maximum atomic E-state index is 5.36. The van der Waals surface area contributed by atoms with E-state index in [1.165, 1.54) is 19.3 Å². The summed E-state index contributed by atoms with van der Waals surface area (Å²) >= 11 is 3.52. The van der Waals surface area contributed by atoms with E-state index < -0.39 is 0 Å². The average molecular weight is 314 g/mol. The number of hydrazine groups is 1. The molecule has 1 aromatic rings. The molecule has 1 aliphatic heterocycles. The molecule has 5 nitrogen and oxygen atoms in total. The maximum Gasteiger partial charge on any atom is 0.239 e. The minimum Gasteiger partial charge on any atom is -0.355 e. The standard InChI is InChI=1S/C12H20BrN5/c1-3-12(4-2)5-6-18(8-12)10-9(13)7-15-11(16-10)17-14/h7H,3-6,8,14H2,1-2H3,(H,15,16,17). The summed E-state index contributed by atoms with van der Waals surface area (Å²) in [6, 6.07) is 0. The molecule has 2 heterocycles. The van der Waals surface area contributed by atoms with Crippen molar-refractivity contribution in [3.63, 3.8) is 0 Å². The van der Waals surface area contributed by atoms with E-state index in [4.69, 9.17) is 5.84 Å². The van der Waals surface area contributed by atoms with Crippen molar-refractivity contribution in [2.75, 3.05) is 23.4 Å². The smallest absolute Gasteiger partial charge is 0.239 e. The molecular formula is C12H20BrN5. The lowest BCUT2D eigenvalue weighted by Gasteiger charge is -2.27. The fraction of sp³-hybridized carbons (Fsp3) is 0.667. The van der Waals surface area contributed by atoms with Gasteiger partial charge in [-0.05, 0) is 40.6 Å². The van der Waals surface area contributed by atoms with Crippen LogP contribution in [0.2, 0.25) is 0 Å². The van der Waals surface area contributed by atoms with Crippen molar-refractivity contribution in [3.8, 4) is 0 Å². The highest BCUT2D eigenvalue weighted by atomic mass is 79.9. The van der Waals surface area contributed by atoms with Crippen molar-refractivity contribution in [1.82, 2.24) is 9.97 Å². The van der Waals surface area contributed by atoms with Gasteiger partial charge in [-0.2, -0.15) is 4.98 Å². The highest BCUT2D eigenvalue weighted by Crippen LogP contribution is 2.40. The lowest BCUT2D eigenvalue weighted by molar-refractivity contribution is 0.301. The molecule has 3 N–H and O–H groups in total. The van der Waals surface area contributed by atoms with Crippen LogP contribution in [0.4, 0.5) is 11.8 Å². The van der Waals surface area contributed by atoms with Gasteiger partial charge in [-0.1, -0.05) is 13.8 Å². The van der Waals surface area contributed by atoms with Crippen LogP contribution >= 0.6 is 15.9 Å². The van der Waals surface area contributed by atoms with Crippen LogP contribution in [0.15, 0.2) is 10.7 Å². The van der Waals surface area contributed by atoms with Crippen LogP contribution in [-0.2, 0) is 0 Å². The molecule has 0 radical (unpaired) electrons. The Morgan fingerprint density at radius 3 is 2.78 bits per heavy atom. The summed E-state index contributed by atoms with van der Waals surface area (Å²) in [5.41, 5.74) is 2.93. The number of anilines is 2. The molecule has 0 amide bonds. The molecule has 0 saturated carbocycles. The van der Waals surface area contributed by atoms with E-state index >= 15 is 0 Å². The summed E-state index contributed by atoms with van der Waals surface area (Å²) in [6.45, 7) is 6.64. The zero-order valence-corrected chi connectivity index (χ0v) is 12.5. The van der Waals surface area contributed by atoms with E-state index in [1.54, 1.807) is 6.20 Å². The zero-order chi connectivity index (χ0) is 13.2. The van der Waals surface area contributed by atoms with Crippen molar-refractivity contribution in [3.05, 3.63) is 10.7 Å². The third kappa shape index (κ3) is 2.44. The Morgan fingerprint density at radius 2 is 2.22 bits per heavy atom. The Labute approximate surface area is 116 Å². The third-order valence-corrected chi connectivity index (χ3v) is 4.65. The Morgan fingerprint density at radius 1 is 1.50 bits per heavy atom. The van der Waals surface area contributed by atoms with Gasteiger partial charge < -0.3 is 4.90 Å². The number of aromatic nitrogens is 2. The van der Waals surface area contributed by atoms with E-state index in [1.807, 2.05) is 0 Å². The van der Waals surface area contributed by atoms with E-state index in [-0.39, 0.29) is 0 Å². The van der Waals surface area contributed by atoms with Crippen LogP contribution < -0.4 is 16.2 Å². The van der Waals surface area contributed by atoms with Crippen LogP contribution in [0.1, 0.15) is 33.1 Å². The van der Waals surface area contributed by atoms with E-state index in [0.29, 0.717) is 11.4 Å². The van der Waals surface area contributed by atoms with Crippen LogP contribution in [-0.4, -0.2) is 23.1 Å². The van der Waals surface area contributed by atoms with Gasteiger partial charge in [0, 0.05) is 19.3 Å². The molecule has 6 heteroatoms. The number of hydrogen-bond acceptors (Lipinski definition) is 5. The summed E-state index contributed by atoms with van der Waals surface area (Å²) in [5.74, 6) is 6.75. The second-order valence-electron chi connectivity index (χ2n) is 4.89. The molecule has 1 saturated heterocycles. The molecule has 1 aromatic heterocycles. The number of nitrogen functional groups attached to an aromatic ring is 1. The first-order valence-electron chi connectivity index (χ1n) is 6.38. The predicted molar refractivity (Wildman–Crippen MR) is 77.4 cm³/mol. The second-order valence-corrected chi connectivity index (χ2v) is 5.74. The molecular weight excluding hydrogens is 294 g/mol. The highest BCUT2D eigenvalue weighted by molar-refractivity contribution is 9.10. The highest BCUT2D eigenvalue weighted by Gasteiger charge is 2.36. The largest absolute Gasteiger partial charge is 0.355 e. The predicted octanol–water partition coefficient (Wildman–Crippen LogP) is 2.54. The Hall–Kier alpha value is -0.880. The van der Waals surface area contributed by atoms with Gasteiger partial charge in [0.1, 0.15) is 5.82 Å². The third-order valence-electron chi connectivity index (χ3n) is 4.09. The van der Waals surface area contributed by atoms with Gasteiger partial charge in [0.15, 0.2) is 0 Å². The molecule has 0 unspecified atom stereocenters. The minimum atomic E-state index is 0.431. The number of nitrogens with two attached hydrogens (primary N) is 1. The number of rotatable bonds is 4. The van der Waals surface area contributed by atoms with Gasteiger partial charge in [-0.3, -0.25) is 5.43 Å². The first-order valence-corrected chi connectivity index (χ1v) is 7.17. The molecule has 18 heavy (non-hydrogen) atoms. The molecule has 0 spiro atoms. The topological polar surface area (TPSA) is 67.1 Å². The van der Waals surface area contributed by atoms with E-state index in [0.717, 1.165) is 23.4 Å². The molecule has 0 aliphatic carbocycles. The normalized spacial score (nSPS) is 18.1. The fourth-order valence-corrected chi connectivity index (χ4v) is 3.03. The van der Waals surface area contributed by atoms with Crippen LogP contribution in [0.25, 0.3) is 0 Å². The summed E-state index contributed by atoms with van der Waals surface area (Å²) in [5, 5.41) is 0. The average Bonchev–Trinajstić information content (AvgIpc) is 2.84.